The second-order valence-corrected chi connectivity index (χ2v) is 15.6. The van der Waals surface area contributed by atoms with Gasteiger partial charge >= 0.3 is 0 Å². The third-order valence-electron chi connectivity index (χ3n) is 13.1. The topological polar surface area (TPSA) is 62.2 Å². The molecule has 1 amide bonds. The molecule has 6 nitrogen and oxygen atoms in total. The van der Waals surface area contributed by atoms with E-state index in [0.29, 0.717) is 36.1 Å². The highest BCUT2D eigenvalue weighted by Gasteiger charge is 2.67. The number of unbranched alkanes of at least 4 members (excludes halogenated alkanes) is 2. The zero-order valence-corrected chi connectivity index (χ0v) is 27.9. The third-order valence-corrected chi connectivity index (χ3v) is 13.1. The summed E-state index contributed by atoms with van der Waals surface area (Å²) in [5.41, 5.74) is 4.16. The number of piperidine rings is 1. The van der Waals surface area contributed by atoms with Crippen LogP contribution in [0.25, 0.3) is 0 Å². The highest BCUT2D eigenvalue weighted by molar-refractivity contribution is 5.77. The Hall–Kier alpha value is -2.57. The van der Waals surface area contributed by atoms with E-state index in [2.05, 4.69) is 52.3 Å². The number of rotatable bonds is 12. The Morgan fingerprint density at radius 3 is 2.65 bits per heavy atom. The maximum atomic E-state index is 14.4. The van der Waals surface area contributed by atoms with Crippen LogP contribution in [-0.2, 0) is 23.1 Å². The average molecular weight is 627 g/mol. The summed E-state index contributed by atoms with van der Waals surface area (Å²) >= 11 is 0. The summed E-state index contributed by atoms with van der Waals surface area (Å²) in [5, 5.41) is 10.2. The van der Waals surface area contributed by atoms with Crippen LogP contribution >= 0.6 is 0 Å². The Morgan fingerprint density at radius 1 is 1.04 bits per heavy atom. The van der Waals surface area contributed by atoms with Crippen LogP contribution in [0.15, 0.2) is 42.5 Å². The van der Waals surface area contributed by atoms with Gasteiger partial charge < -0.3 is 19.5 Å². The van der Waals surface area contributed by atoms with Crippen molar-refractivity contribution in [1.29, 1.82) is 0 Å². The molecule has 6 heteroatoms. The van der Waals surface area contributed by atoms with Gasteiger partial charge in [-0.25, -0.2) is 0 Å². The maximum Gasteiger partial charge on any atom is 0.222 e. The number of amides is 1. The van der Waals surface area contributed by atoms with Gasteiger partial charge in [-0.15, -0.1) is 0 Å². The van der Waals surface area contributed by atoms with E-state index >= 15 is 0 Å². The van der Waals surface area contributed by atoms with Crippen molar-refractivity contribution in [3.63, 3.8) is 0 Å². The minimum atomic E-state index is -0.112. The molecule has 2 aromatic carbocycles. The van der Waals surface area contributed by atoms with Gasteiger partial charge in [0.05, 0.1) is 19.3 Å². The largest absolute Gasteiger partial charge is 0.493 e. The van der Waals surface area contributed by atoms with Gasteiger partial charge in [0, 0.05) is 42.4 Å². The van der Waals surface area contributed by atoms with Crippen LogP contribution in [0.2, 0.25) is 0 Å². The number of methoxy groups -OCH3 is 1. The first kappa shape index (κ1) is 30.7. The quantitative estimate of drug-likeness (QED) is 0.266. The van der Waals surface area contributed by atoms with Crippen LogP contribution < -0.4 is 9.47 Å². The highest BCUT2D eigenvalue weighted by Crippen LogP contribution is 2.64. The molecule has 2 aliphatic heterocycles. The van der Waals surface area contributed by atoms with E-state index in [-0.39, 0.29) is 23.7 Å². The lowest BCUT2D eigenvalue weighted by Crippen LogP contribution is -2.69. The predicted molar refractivity (Wildman–Crippen MR) is 180 cm³/mol. The lowest BCUT2D eigenvalue weighted by atomic mass is 9.51. The van der Waals surface area contributed by atoms with Crippen molar-refractivity contribution in [3.05, 3.63) is 59.2 Å². The van der Waals surface area contributed by atoms with Crippen LogP contribution in [0.1, 0.15) is 100 Å². The van der Waals surface area contributed by atoms with E-state index < -0.39 is 0 Å². The van der Waals surface area contributed by atoms with Crippen LogP contribution in [0.4, 0.5) is 0 Å². The van der Waals surface area contributed by atoms with E-state index in [1.54, 1.807) is 7.11 Å². The summed E-state index contributed by atoms with van der Waals surface area (Å²) in [4.78, 5) is 19.5. The molecule has 0 aromatic heterocycles. The van der Waals surface area contributed by atoms with E-state index in [9.17, 15) is 9.90 Å². The number of nitrogens with zero attached hydrogens (tertiary/aromatic N) is 2. The molecule has 3 saturated carbocycles. The number of aliphatic hydroxyl groups excluding tert-OH is 1. The first-order chi connectivity index (χ1) is 22.6. The molecule has 2 bridgehead atoms. The molecule has 1 spiro atoms. The molecule has 46 heavy (non-hydrogen) atoms. The molecule has 1 N–H and O–H groups in total. The van der Waals surface area contributed by atoms with E-state index in [1.807, 2.05) is 0 Å². The number of aliphatic hydroxyl groups is 1. The molecule has 8 rings (SSSR count). The Labute approximate surface area is 275 Å². The van der Waals surface area contributed by atoms with Gasteiger partial charge in [-0.3, -0.25) is 9.69 Å². The van der Waals surface area contributed by atoms with Crippen molar-refractivity contribution in [2.75, 3.05) is 26.7 Å². The fourth-order valence-electron chi connectivity index (χ4n) is 10.7. The first-order valence-electron chi connectivity index (χ1n) is 18.7. The summed E-state index contributed by atoms with van der Waals surface area (Å²) in [6, 6.07) is 15.7. The Bertz CT molecular complexity index is 1390. The van der Waals surface area contributed by atoms with Crippen molar-refractivity contribution in [1.82, 2.24) is 9.80 Å². The van der Waals surface area contributed by atoms with Gasteiger partial charge in [-0.2, -0.15) is 0 Å². The highest BCUT2D eigenvalue weighted by atomic mass is 16.5. The Morgan fingerprint density at radius 2 is 1.87 bits per heavy atom. The number of benzene rings is 2. The third kappa shape index (κ3) is 5.45. The molecule has 1 saturated heterocycles. The van der Waals surface area contributed by atoms with Gasteiger partial charge in [-0.1, -0.05) is 62.1 Å². The Balaban J connectivity index is 1.06. The van der Waals surface area contributed by atoms with Gasteiger partial charge in [-0.05, 0) is 99.8 Å². The second kappa shape index (κ2) is 12.8. The summed E-state index contributed by atoms with van der Waals surface area (Å²) in [6.07, 6.45) is 16.4. The Kier molecular flexibility index (Phi) is 8.55. The van der Waals surface area contributed by atoms with E-state index in [4.69, 9.17) is 9.47 Å². The molecular formula is C40H54N2O4. The molecule has 2 aromatic rings. The van der Waals surface area contributed by atoms with Gasteiger partial charge in [0.25, 0.3) is 0 Å². The van der Waals surface area contributed by atoms with Crippen LogP contribution in [0, 0.1) is 17.8 Å². The number of carbonyl (C=O) groups is 1. The van der Waals surface area contributed by atoms with Gasteiger partial charge in [0.15, 0.2) is 11.5 Å². The molecule has 7 atom stereocenters. The molecule has 4 fully saturated rings. The molecule has 248 valence electrons. The molecule has 4 aliphatic carbocycles. The zero-order valence-electron chi connectivity index (χ0n) is 27.9. The minimum absolute atomic E-state index is 0.0154. The fourth-order valence-corrected chi connectivity index (χ4v) is 10.7. The normalized spacial score (nSPS) is 32.8. The monoisotopic (exact) mass is 626 g/mol. The number of hydrogen-bond acceptors (Lipinski definition) is 5. The van der Waals surface area contributed by atoms with Crippen molar-refractivity contribution in [3.8, 4) is 11.5 Å². The van der Waals surface area contributed by atoms with E-state index in [0.717, 1.165) is 88.9 Å². The van der Waals surface area contributed by atoms with Crippen molar-refractivity contribution < 1.29 is 19.4 Å². The maximum absolute atomic E-state index is 14.4. The number of ether oxygens (including phenoxy) is 2. The lowest BCUT2D eigenvalue weighted by molar-refractivity contribution is -0.144. The van der Waals surface area contributed by atoms with Crippen LogP contribution in [-0.4, -0.2) is 71.8 Å². The number of likely N-dealkylation sites (tertiary alicyclic amines) is 1. The van der Waals surface area contributed by atoms with Gasteiger partial charge in [0.2, 0.25) is 5.91 Å². The lowest BCUT2D eigenvalue weighted by Gasteiger charge is -2.60. The molecule has 0 radical (unpaired) electrons. The fraction of sp³-hybridized carbons (Fsp3) is 0.675. The average Bonchev–Trinajstić information content (AvgIpc) is 3.67. The van der Waals surface area contributed by atoms with E-state index in [1.165, 1.54) is 48.8 Å². The van der Waals surface area contributed by atoms with Crippen molar-refractivity contribution in [2.45, 2.75) is 126 Å². The van der Waals surface area contributed by atoms with Crippen LogP contribution in [0.5, 0.6) is 11.5 Å². The second-order valence-electron chi connectivity index (χ2n) is 15.6. The number of hydrogen-bond donors (Lipinski definition) is 1. The van der Waals surface area contributed by atoms with Crippen molar-refractivity contribution >= 4 is 5.91 Å². The molecule has 6 aliphatic rings. The molecular weight excluding hydrogens is 572 g/mol. The van der Waals surface area contributed by atoms with Gasteiger partial charge in [0.1, 0.15) is 6.10 Å². The SMILES string of the molecule is COc1ccc2c3c1O[C@H]1[C@H](N(CC4CCCCC4)C(=O)CCCCCc4ccccc4)CC[C@H]4[C@@H](C2)N(CC2CC2O)CC[C@@]341. The standard InChI is InChI=1S/C40H54N2O4/c1-45-35-20-17-29-23-33-31-18-19-32(39-40(31,37(29)38(35)46-39)21-22-41(33)26-30-24-34(30)43)42(25-28-14-8-3-9-15-28)36(44)16-10-4-7-13-27-11-5-2-6-12-27/h2,5-6,11-12,17,20,28,30-34,39,43H,3-4,7-10,13-16,18-19,21-26H2,1H3/t30?,31-,32+,33+,34?,39-,40-/m0/s1. The summed E-state index contributed by atoms with van der Waals surface area (Å²) in [5.74, 6) is 3.73. The molecule has 2 unspecified atom stereocenters. The summed E-state index contributed by atoms with van der Waals surface area (Å²) in [7, 11) is 1.77. The number of aryl methyl sites for hydroxylation is 1. The van der Waals surface area contributed by atoms with Crippen molar-refractivity contribution in [2.24, 2.45) is 17.8 Å². The smallest absolute Gasteiger partial charge is 0.222 e. The first-order valence-corrected chi connectivity index (χ1v) is 18.7. The summed E-state index contributed by atoms with van der Waals surface area (Å²) < 4.78 is 13.1. The number of carbonyl (C=O) groups excluding carboxylic acids is 1. The summed E-state index contributed by atoms with van der Waals surface area (Å²) in [6.45, 7) is 2.96. The van der Waals surface area contributed by atoms with Crippen LogP contribution in [0.3, 0.4) is 0 Å². The predicted octanol–water partition coefficient (Wildman–Crippen LogP) is 6.70. The molecule has 2 heterocycles. The minimum Gasteiger partial charge on any atom is -0.493 e. The zero-order chi connectivity index (χ0) is 31.3.